The topological polar surface area (TPSA) is 71.5 Å². The Hall–Kier alpha value is -3.22. The number of pyridine rings is 1. The van der Waals surface area contributed by atoms with E-state index in [0.29, 0.717) is 21.9 Å². The number of aliphatic hydroxyl groups excluding tert-OH is 1. The number of aliphatic hydroxyl groups is 1. The second-order valence-corrected chi connectivity index (χ2v) is 8.10. The Labute approximate surface area is 179 Å². The van der Waals surface area contributed by atoms with Gasteiger partial charge in [-0.1, -0.05) is 42.5 Å². The number of para-hydroxylation sites is 1. The average molecular weight is 419 g/mol. The predicted molar refractivity (Wildman–Crippen MR) is 121 cm³/mol. The highest BCUT2D eigenvalue weighted by Gasteiger charge is 2.25. The minimum Gasteiger partial charge on any atom is -0.496 e. The third kappa shape index (κ3) is 3.67. The first kappa shape index (κ1) is 20.1. The monoisotopic (exact) mass is 418 g/mol. The van der Waals surface area contributed by atoms with E-state index in [1.165, 1.54) is 18.4 Å². The van der Waals surface area contributed by atoms with Crippen LogP contribution in [0.3, 0.4) is 0 Å². The summed E-state index contributed by atoms with van der Waals surface area (Å²) in [6.07, 6.45) is -0.877. The van der Waals surface area contributed by atoms with E-state index in [9.17, 15) is 9.90 Å². The Balaban J connectivity index is 1.85. The van der Waals surface area contributed by atoms with Gasteiger partial charge in [0.2, 0.25) is 0 Å². The molecule has 0 saturated heterocycles. The molecule has 1 atom stereocenters. The molecular weight excluding hydrogens is 396 g/mol. The van der Waals surface area contributed by atoms with Crippen LogP contribution in [-0.4, -0.2) is 23.1 Å². The van der Waals surface area contributed by atoms with Crippen molar-refractivity contribution in [1.82, 2.24) is 4.98 Å². The van der Waals surface area contributed by atoms with Crippen molar-refractivity contribution in [3.05, 3.63) is 87.9 Å². The number of hydrogen-bond donors (Lipinski definition) is 2. The van der Waals surface area contributed by atoms with E-state index in [1.54, 1.807) is 18.2 Å². The summed E-state index contributed by atoms with van der Waals surface area (Å²) in [5, 5.41) is 15.0. The van der Waals surface area contributed by atoms with Crippen molar-refractivity contribution in [3.63, 3.8) is 0 Å². The van der Waals surface area contributed by atoms with Gasteiger partial charge in [-0.25, -0.2) is 4.98 Å². The number of carbonyl (C=O) groups excluding carboxylic acids is 1. The lowest BCUT2D eigenvalue weighted by molar-refractivity contribution is 0.102. The molecule has 0 bridgehead atoms. The number of ether oxygens (including phenoxy) is 1. The normalized spacial score (nSPS) is 12.0. The van der Waals surface area contributed by atoms with Crippen LogP contribution in [0.5, 0.6) is 5.75 Å². The molecule has 4 rings (SSSR count). The van der Waals surface area contributed by atoms with Gasteiger partial charge in [-0.2, -0.15) is 0 Å². The first-order chi connectivity index (χ1) is 14.5. The van der Waals surface area contributed by atoms with Crippen LogP contribution in [0.25, 0.3) is 10.2 Å². The van der Waals surface area contributed by atoms with Gasteiger partial charge in [0, 0.05) is 11.1 Å². The maximum atomic E-state index is 13.1. The van der Waals surface area contributed by atoms with Crippen molar-refractivity contribution in [2.45, 2.75) is 20.0 Å². The lowest BCUT2D eigenvalue weighted by atomic mass is 10.0. The van der Waals surface area contributed by atoms with Crippen molar-refractivity contribution < 1.29 is 14.6 Å². The Bertz CT molecular complexity index is 1220. The second-order valence-electron chi connectivity index (χ2n) is 7.07. The van der Waals surface area contributed by atoms with E-state index in [1.807, 2.05) is 56.3 Å². The van der Waals surface area contributed by atoms with Gasteiger partial charge < -0.3 is 15.2 Å². The Kier molecular flexibility index (Phi) is 5.53. The number of thiophene rings is 1. The van der Waals surface area contributed by atoms with Gasteiger partial charge >= 0.3 is 0 Å². The molecule has 1 amide bonds. The second kappa shape index (κ2) is 8.26. The van der Waals surface area contributed by atoms with E-state index in [0.717, 1.165) is 27.0 Å². The molecule has 0 fully saturated rings. The zero-order chi connectivity index (χ0) is 21.3. The number of benzene rings is 2. The number of amides is 1. The van der Waals surface area contributed by atoms with Crippen LogP contribution in [0.4, 0.5) is 5.69 Å². The molecule has 0 aliphatic rings. The molecular formula is C24H22N2O3S. The SMILES string of the molecule is COc1ccccc1C(=O)Nc1c([C@@H](O)c2ccccc2)sc2nc(C)cc(C)c12. The lowest BCUT2D eigenvalue weighted by Crippen LogP contribution is -2.15. The molecule has 152 valence electrons. The third-order valence-electron chi connectivity index (χ3n) is 4.97. The molecule has 0 unspecified atom stereocenters. The summed E-state index contributed by atoms with van der Waals surface area (Å²) in [5.74, 6) is 0.194. The number of anilines is 1. The Morgan fingerprint density at radius 1 is 1.10 bits per heavy atom. The van der Waals surface area contributed by atoms with Crippen molar-refractivity contribution in [3.8, 4) is 5.75 Å². The van der Waals surface area contributed by atoms with Crippen LogP contribution >= 0.6 is 11.3 Å². The summed E-state index contributed by atoms with van der Waals surface area (Å²) < 4.78 is 5.34. The lowest BCUT2D eigenvalue weighted by Gasteiger charge is -2.14. The van der Waals surface area contributed by atoms with Gasteiger partial charge in [-0.15, -0.1) is 11.3 Å². The minimum absolute atomic E-state index is 0.298. The van der Waals surface area contributed by atoms with Crippen LogP contribution in [0.2, 0.25) is 0 Å². The fourth-order valence-corrected chi connectivity index (χ4v) is 4.84. The van der Waals surface area contributed by atoms with Crippen LogP contribution in [0, 0.1) is 13.8 Å². The first-order valence-corrected chi connectivity index (χ1v) is 10.4. The smallest absolute Gasteiger partial charge is 0.259 e. The highest BCUT2D eigenvalue weighted by atomic mass is 32.1. The molecule has 2 N–H and O–H groups in total. The van der Waals surface area contributed by atoms with Crippen molar-refractivity contribution in [2.75, 3.05) is 12.4 Å². The standard InChI is InChI=1S/C24H22N2O3S/c1-14-13-15(2)25-24-19(14)20(22(30-24)21(27)16-9-5-4-6-10-16)26-23(28)17-11-7-8-12-18(17)29-3/h4-13,21,27H,1-3H3,(H,26,28)/t21-/m0/s1. The van der Waals surface area contributed by atoms with Crippen LogP contribution in [0.1, 0.15) is 38.2 Å². The van der Waals surface area contributed by atoms with Crippen molar-refractivity contribution >= 4 is 33.1 Å². The molecule has 5 nitrogen and oxygen atoms in total. The summed E-state index contributed by atoms with van der Waals surface area (Å²) in [6.45, 7) is 3.92. The van der Waals surface area contributed by atoms with Gasteiger partial charge in [0.25, 0.3) is 5.91 Å². The molecule has 0 aliphatic carbocycles. The van der Waals surface area contributed by atoms with Gasteiger partial charge in [-0.3, -0.25) is 4.79 Å². The summed E-state index contributed by atoms with van der Waals surface area (Å²) in [4.78, 5) is 19.2. The predicted octanol–water partition coefficient (Wildman–Crippen LogP) is 5.26. The van der Waals surface area contributed by atoms with E-state index in [2.05, 4.69) is 10.3 Å². The van der Waals surface area contributed by atoms with Crippen LogP contribution < -0.4 is 10.1 Å². The third-order valence-corrected chi connectivity index (χ3v) is 6.10. The molecule has 0 spiro atoms. The maximum Gasteiger partial charge on any atom is 0.259 e. The number of fused-ring (bicyclic) bond motifs is 1. The quantitative estimate of drug-likeness (QED) is 0.464. The van der Waals surface area contributed by atoms with Gasteiger partial charge in [-0.05, 0) is 43.2 Å². The number of hydrogen-bond acceptors (Lipinski definition) is 5. The molecule has 0 saturated carbocycles. The summed E-state index contributed by atoms with van der Waals surface area (Å²) >= 11 is 1.40. The molecule has 2 heterocycles. The fraction of sp³-hybridized carbons (Fsp3) is 0.167. The zero-order valence-electron chi connectivity index (χ0n) is 17.0. The van der Waals surface area contributed by atoms with E-state index in [-0.39, 0.29) is 5.91 Å². The molecule has 2 aromatic carbocycles. The van der Waals surface area contributed by atoms with Gasteiger partial charge in [0.15, 0.2) is 0 Å². The number of nitrogens with one attached hydrogen (secondary N) is 1. The molecule has 6 heteroatoms. The summed E-state index contributed by atoms with van der Waals surface area (Å²) in [7, 11) is 1.54. The van der Waals surface area contributed by atoms with E-state index >= 15 is 0 Å². The highest BCUT2D eigenvalue weighted by Crippen LogP contribution is 2.42. The first-order valence-electron chi connectivity index (χ1n) is 9.57. The fourth-order valence-electron chi connectivity index (χ4n) is 3.58. The number of aromatic nitrogens is 1. The van der Waals surface area contributed by atoms with Crippen LogP contribution in [-0.2, 0) is 0 Å². The van der Waals surface area contributed by atoms with Crippen molar-refractivity contribution in [2.24, 2.45) is 0 Å². The number of carbonyl (C=O) groups is 1. The zero-order valence-corrected chi connectivity index (χ0v) is 17.8. The van der Waals surface area contributed by atoms with Gasteiger partial charge in [0.05, 0.1) is 23.2 Å². The van der Waals surface area contributed by atoms with E-state index < -0.39 is 6.10 Å². The Morgan fingerprint density at radius 3 is 2.53 bits per heavy atom. The maximum absolute atomic E-state index is 13.1. The number of aryl methyl sites for hydroxylation is 2. The molecule has 0 radical (unpaired) electrons. The number of methoxy groups -OCH3 is 1. The van der Waals surface area contributed by atoms with Gasteiger partial charge in [0.1, 0.15) is 16.7 Å². The largest absolute Gasteiger partial charge is 0.496 e. The van der Waals surface area contributed by atoms with Crippen molar-refractivity contribution in [1.29, 1.82) is 0 Å². The summed E-state index contributed by atoms with van der Waals surface area (Å²) in [5.41, 5.74) is 3.66. The summed E-state index contributed by atoms with van der Waals surface area (Å²) in [6, 6.07) is 18.4. The molecule has 2 aromatic heterocycles. The molecule has 30 heavy (non-hydrogen) atoms. The van der Waals surface area contributed by atoms with E-state index in [4.69, 9.17) is 4.74 Å². The number of nitrogens with zero attached hydrogens (tertiary/aromatic N) is 1. The molecule has 0 aliphatic heterocycles. The van der Waals surface area contributed by atoms with Crippen LogP contribution in [0.15, 0.2) is 60.7 Å². The average Bonchev–Trinajstić information content (AvgIpc) is 3.11. The minimum atomic E-state index is -0.877. The highest BCUT2D eigenvalue weighted by molar-refractivity contribution is 7.19. The molecule has 4 aromatic rings. The number of rotatable bonds is 5. The Morgan fingerprint density at radius 2 is 1.80 bits per heavy atom.